The van der Waals surface area contributed by atoms with Crippen molar-refractivity contribution >= 4 is 17.2 Å². The quantitative estimate of drug-likeness (QED) is 0.778. The average molecular weight is 393 g/mol. The van der Waals surface area contributed by atoms with Gasteiger partial charge in [0, 0.05) is 19.0 Å². The molecule has 0 radical (unpaired) electrons. The molecule has 0 aromatic carbocycles. The van der Waals surface area contributed by atoms with Gasteiger partial charge in [-0.25, -0.2) is 9.67 Å². The summed E-state index contributed by atoms with van der Waals surface area (Å²) in [4.78, 5) is 19.1. The highest BCUT2D eigenvalue weighted by Gasteiger charge is 2.25. The normalized spacial score (nSPS) is 16.4. The Morgan fingerprint density at radius 2 is 2.22 bits per heavy atom. The lowest BCUT2D eigenvalue weighted by Crippen LogP contribution is -2.30. The Kier molecular flexibility index (Phi) is 6.56. The van der Waals surface area contributed by atoms with Crippen molar-refractivity contribution in [3.8, 4) is 0 Å². The summed E-state index contributed by atoms with van der Waals surface area (Å²) in [5.41, 5.74) is 2.12. The van der Waals surface area contributed by atoms with Crippen molar-refractivity contribution in [2.75, 3.05) is 26.7 Å². The summed E-state index contributed by atoms with van der Waals surface area (Å²) in [6, 6.07) is 0.312. The molecule has 2 aromatic heterocycles. The van der Waals surface area contributed by atoms with Crippen LogP contribution in [0.1, 0.15) is 65.7 Å². The number of aromatic nitrogens is 4. The summed E-state index contributed by atoms with van der Waals surface area (Å²) in [5, 5.41) is 14.7. The molecule has 3 heterocycles. The van der Waals surface area contributed by atoms with E-state index in [0.717, 1.165) is 42.3 Å². The van der Waals surface area contributed by atoms with Crippen molar-refractivity contribution in [1.29, 1.82) is 0 Å². The number of carbonyl (C=O) groups excluding carboxylic acids is 1. The molecule has 3 rings (SSSR count). The van der Waals surface area contributed by atoms with E-state index in [1.165, 1.54) is 0 Å². The highest BCUT2D eigenvalue weighted by Crippen LogP contribution is 2.23. The van der Waals surface area contributed by atoms with Crippen LogP contribution in [0, 0.1) is 6.92 Å². The van der Waals surface area contributed by atoms with Gasteiger partial charge in [0.1, 0.15) is 11.1 Å². The van der Waals surface area contributed by atoms with E-state index in [0.29, 0.717) is 24.9 Å². The molecule has 27 heavy (non-hydrogen) atoms. The van der Waals surface area contributed by atoms with Crippen molar-refractivity contribution in [3.05, 3.63) is 27.5 Å². The zero-order valence-corrected chi connectivity index (χ0v) is 17.3. The van der Waals surface area contributed by atoms with Crippen LogP contribution >= 0.6 is 11.3 Å². The lowest BCUT2D eigenvalue weighted by atomic mass is 10.1. The number of hydrogen-bond donors (Lipinski definition) is 1. The molecule has 1 atom stereocenters. The molecule has 1 unspecified atom stereocenters. The van der Waals surface area contributed by atoms with E-state index < -0.39 is 0 Å². The maximum Gasteiger partial charge on any atom is 0.276 e. The summed E-state index contributed by atoms with van der Waals surface area (Å²) in [5.74, 6) is -0.125. The third-order valence-corrected chi connectivity index (χ3v) is 5.92. The van der Waals surface area contributed by atoms with Crippen molar-refractivity contribution in [2.24, 2.45) is 0 Å². The Labute approximate surface area is 163 Å². The van der Waals surface area contributed by atoms with Gasteiger partial charge in [-0.05, 0) is 46.7 Å². The first-order chi connectivity index (χ1) is 13.0. The van der Waals surface area contributed by atoms with Crippen molar-refractivity contribution in [1.82, 2.24) is 30.2 Å². The first-order valence-corrected chi connectivity index (χ1v) is 10.3. The molecule has 1 aliphatic heterocycles. The van der Waals surface area contributed by atoms with E-state index in [1.807, 2.05) is 30.8 Å². The lowest BCUT2D eigenvalue weighted by Gasteiger charge is -2.23. The molecule has 1 saturated heterocycles. The fourth-order valence-electron chi connectivity index (χ4n) is 3.34. The second-order valence-electron chi connectivity index (χ2n) is 6.89. The molecular weight excluding hydrogens is 364 g/mol. The van der Waals surface area contributed by atoms with Crippen molar-refractivity contribution in [3.63, 3.8) is 0 Å². The van der Waals surface area contributed by atoms with Gasteiger partial charge in [0.05, 0.1) is 24.0 Å². The largest absolute Gasteiger partial charge is 0.372 e. The van der Waals surface area contributed by atoms with E-state index in [9.17, 15) is 4.79 Å². The fourth-order valence-corrected chi connectivity index (χ4v) is 4.15. The standard InChI is InChI=1S/C18H28N6O2S/c1-5-26-13(3)17-20-14(11-27-17)10-23(4)18(25)16-12(2)24(22-21-16)15-6-8-19-9-7-15/h11,13,15,19H,5-10H2,1-4H3. The van der Waals surface area contributed by atoms with Crippen LogP contribution in [-0.2, 0) is 11.3 Å². The second-order valence-corrected chi connectivity index (χ2v) is 7.77. The van der Waals surface area contributed by atoms with Crippen LogP contribution in [0.3, 0.4) is 0 Å². The number of carbonyl (C=O) groups is 1. The smallest absolute Gasteiger partial charge is 0.276 e. The summed E-state index contributed by atoms with van der Waals surface area (Å²) in [7, 11) is 1.77. The van der Waals surface area contributed by atoms with Gasteiger partial charge in [-0.15, -0.1) is 16.4 Å². The molecule has 9 heteroatoms. The number of amides is 1. The summed E-state index contributed by atoms with van der Waals surface area (Å²) in [6.45, 7) is 8.92. The predicted octanol–water partition coefficient (Wildman–Crippen LogP) is 2.34. The summed E-state index contributed by atoms with van der Waals surface area (Å²) < 4.78 is 7.49. The molecule has 0 bridgehead atoms. The monoisotopic (exact) mass is 392 g/mol. The average Bonchev–Trinajstić information content (AvgIpc) is 3.29. The molecule has 8 nitrogen and oxygen atoms in total. The van der Waals surface area contributed by atoms with Gasteiger partial charge < -0.3 is 15.0 Å². The fraction of sp³-hybridized carbons (Fsp3) is 0.667. The lowest BCUT2D eigenvalue weighted by molar-refractivity contribution is 0.0754. The zero-order chi connectivity index (χ0) is 19.4. The van der Waals surface area contributed by atoms with Crippen molar-refractivity contribution < 1.29 is 9.53 Å². The highest BCUT2D eigenvalue weighted by atomic mass is 32.1. The molecule has 1 N–H and O–H groups in total. The van der Waals surface area contributed by atoms with Crippen LogP contribution in [0.25, 0.3) is 0 Å². The maximum absolute atomic E-state index is 12.9. The Hall–Kier alpha value is -1.84. The minimum absolute atomic E-state index is 0.0260. The Morgan fingerprint density at radius 3 is 2.93 bits per heavy atom. The summed E-state index contributed by atoms with van der Waals surface area (Å²) >= 11 is 1.56. The molecule has 1 fully saturated rings. The Morgan fingerprint density at radius 1 is 1.48 bits per heavy atom. The van der Waals surface area contributed by atoms with Crippen LogP contribution in [0.4, 0.5) is 0 Å². The molecule has 2 aromatic rings. The SMILES string of the molecule is CCOC(C)c1nc(CN(C)C(=O)c2nnn(C3CCNCC3)c2C)cs1. The maximum atomic E-state index is 12.9. The molecule has 0 saturated carbocycles. The van der Waals surface area contributed by atoms with E-state index >= 15 is 0 Å². The van der Waals surface area contributed by atoms with Gasteiger partial charge in [-0.2, -0.15) is 0 Å². The Balaban J connectivity index is 1.66. The number of rotatable bonds is 7. The van der Waals surface area contributed by atoms with E-state index in [1.54, 1.807) is 23.3 Å². The summed E-state index contributed by atoms with van der Waals surface area (Å²) in [6.07, 6.45) is 1.99. The molecule has 0 aliphatic carbocycles. The van der Waals surface area contributed by atoms with E-state index in [-0.39, 0.29) is 12.0 Å². The topological polar surface area (TPSA) is 85.2 Å². The van der Waals surface area contributed by atoms with E-state index in [2.05, 4.69) is 20.6 Å². The highest BCUT2D eigenvalue weighted by molar-refractivity contribution is 7.09. The second kappa shape index (κ2) is 8.90. The molecule has 0 spiro atoms. The zero-order valence-electron chi connectivity index (χ0n) is 16.4. The Bertz CT molecular complexity index is 768. The van der Waals surface area contributed by atoms with Crippen LogP contribution in [-0.4, -0.2) is 57.5 Å². The first kappa shape index (κ1) is 19.9. The minimum Gasteiger partial charge on any atom is -0.372 e. The van der Waals surface area contributed by atoms with Gasteiger partial charge in [0.15, 0.2) is 5.69 Å². The van der Waals surface area contributed by atoms with Crippen LogP contribution in [0.2, 0.25) is 0 Å². The van der Waals surface area contributed by atoms with Crippen molar-refractivity contribution in [2.45, 2.75) is 52.3 Å². The van der Waals surface area contributed by atoms with E-state index in [4.69, 9.17) is 4.74 Å². The first-order valence-electron chi connectivity index (χ1n) is 9.45. The number of nitrogens with zero attached hydrogens (tertiary/aromatic N) is 5. The number of thiazole rings is 1. The van der Waals surface area contributed by atoms with Gasteiger partial charge in [-0.1, -0.05) is 5.21 Å². The van der Waals surface area contributed by atoms with Gasteiger partial charge in [0.2, 0.25) is 0 Å². The number of nitrogens with one attached hydrogen (secondary N) is 1. The van der Waals surface area contributed by atoms with Gasteiger partial charge in [-0.3, -0.25) is 4.79 Å². The van der Waals surface area contributed by atoms with Gasteiger partial charge in [0.25, 0.3) is 5.91 Å². The van der Waals surface area contributed by atoms with Crippen LogP contribution < -0.4 is 5.32 Å². The number of piperidine rings is 1. The number of ether oxygens (including phenoxy) is 1. The van der Waals surface area contributed by atoms with Crippen LogP contribution in [0.5, 0.6) is 0 Å². The minimum atomic E-state index is -0.125. The molecule has 148 valence electrons. The van der Waals surface area contributed by atoms with Crippen LogP contribution in [0.15, 0.2) is 5.38 Å². The predicted molar refractivity (Wildman–Crippen MR) is 104 cm³/mol. The third kappa shape index (κ3) is 4.53. The number of hydrogen-bond acceptors (Lipinski definition) is 7. The third-order valence-electron chi connectivity index (χ3n) is 4.86. The molecule has 1 aliphatic rings. The molecular formula is C18H28N6O2S. The molecule has 1 amide bonds. The van der Waals surface area contributed by atoms with Gasteiger partial charge >= 0.3 is 0 Å².